The van der Waals surface area contributed by atoms with Crippen molar-refractivity contribution < 1.29 is 22.7 Å². The first-order valence-electron chi connectivity index (χ1n) is 21.1. The van der Waals surface area contributed by atoms with Crippen LogP contribution >= 0.6 is 0 Å². The largest absolute Gasteiger partial charge is 0.481 e. The molecule has 9 heteroatoms. The van der Waals surface area contributed by atoms with Crippen LogP contribution in [0.1, 0.15) is 119 Å². The number of nitrogens with one attached hydrogen (secondary N) is 1. The summed E-state index contributed by atoms with van der Waals surface area (Å²) in [6, 6.07) is 0. The minimum Gasteiger partial charge on any atom is -0.481 e. The lowest BCUT2D eigenvalue weighted by molar-refractivity contribution is -0.221. The van der Waals surface area contributed by atoms with Crippen LogP contribution in [0.3, 0.4) is 0 Å². The van der Waals surface area contributed by atoms with Crippen molar-refractivity contribution in [2.45, 2.75) is 124 Å². The van der Waals surface area contributed by atoms with Crippen LogP contribution in [0.5, 0.6) is 0 Å². The molecule has 0 amide bonds. The van der Waals surface area contributed by atoms with E-state index < -0.39 is 28.1 Å². The van der Waals surface area contributed by atoms with E-state index in [9.17, 15) is 22.7 Å². The fourth-order valence-electron chi connectivity index (χ4n) is 14.9. The van der Waals surface area contributed by atoms with Crippen molar-refractivity contribution in [1.29, 1.82) is 0 Å². The van der Waals surface area contributed by atoms with Crippen LogP contribution in [0.15, 0.2) is 35.5 Å². The summed E-state index contributed by atoms with van der Waals surface area (Å²) in [5.74, 6) is 2.01. The molecule has 4 saturated carbocycles. The molecule has 1 saturated heterocycles. The smallest absolute Gasteiger partial charge is 0.312 e. The molecule has 2 unspecified atom stereocenters. The van der Waals surface area contributed by atoms with Crippen LogP contribution in [-0.4, -0.2) is 86.4 Å². The van der Waals surface area contributed by atoms with Gasteiger partial charge < -0.3 is 10.4 Å². The second-order valence-electron chi connectivity index (χ2n) is 20.5. The van der Waals surface area contributed by atoms with Gasteiger partial charge in [0.2, 0.25) is 10.0 Å². The van der Waals surface area contributed by atoms with E-state index in [4.69, 9.17) is 0 Å². The lowest BCUT2D eigenvalue weighted by Crippen LogP contribution is -2.68. The second kappa shape index (κ2) is 13.5. The van der Waals surface area contributed by atoms with E-state index in [0.29, 0.717) is 55.5 Å². The number of piperazine rings is 1. The molecule has 0 spiro atoms. The molecule has 7 rings (SSSR count). The van der Waals surface area contributed by atoms with Crippen LogP contribution in [-0.2, 0) is 14.8 Å². The number of hydrogen-bond donors (Lipinski definition) is 2. The number of halogens is 1. The summed E-state index contributed by atoms with van der Waals surface area (Å²) in [5, 5.41) is 14.1. The number of carbonyl (C=O) groups is 1. The highest BCUT2D eigenvalue weighted by molar-refractivity contribution is 7.88. The molecular formula is C44H70FN3O4S. The van der Waals surface area contributed by atoms with Crippen molar-refractivity contribution >= 4 is 16.0 Å². The standard InChI is InChI=1S/C44H70FN3O4S/c1-30(2)32-13-20-44(46-23-24-47-25-27-48(28-26-47)53(8,51)52)22-21-41(6)34(37(32)44)9-10-36-40(5)16-14-33(39(3,4)35(40)15-17-42(36,41)7)31-11-18-43(29-45,19-12-31)38(49)50/h11,14,32,34-37,46H,1,9-10,12-13,15-29H2,2-8H3,(H,49,50)/t32-,34+,35-,36?,37?,40-,41+,42+,43-,44-/m0/s1. The highest BCUT2D eigenvalue weighted by atomic mass is 32.2. The third kappa shape index (κ3) is 6.09. The van der Waals surface area contributed by atoms with Gasteiger partial charge in [-0.3, -0.25) is 9.69 Å². The second-order valence-corrected chi connectivity index (χ2v) is 22.5. The Hall–Kier alpha value is -1.55. The van der Waals surface area contributed by atoms with E-state index in [2.05, 4.69) is 70.5 Å². The Morgan fingerprint density at radius 3 is 2.25 bits per heavy atom. The van der Waals surface area contributed by atoms with Gasteiger partial charge in [0.1, 0.15) is 6.67 Å². The van der Waals surface area contributed by atoms with Crippen LogP contribution in [0.4, 0.5) is 4.39 Å². The van der Waals surface area contributed by atoms with Crippen molar-refractivity contribution in [2.24, 2.45) is 56.7 Å². The Morgan fingerprint density at radius 1 is 0.925 bits per heavy atom. The summed E-state index contributed by atoms with van der Waals surface area (Å²) >= 11 is 0. The summed E-state index contributed by atoms with van der Waals surface area (Å²) in [6.07, 6.45) is 18.3. The maximum absolute atomic E-state index is 14.0. The summed E-state index contributed by atoms with van der Waals surface area (Å²) in [6.45, 7) is 23.7. The van der Waals surface area contributed by atoms with E-state index >= 15 is 0 Å². The number of nitrogens with zero attached hydrogens (tertiary/aromatic N) is 2. The van der Waals surface area contributed by atoms with Gasteiger partial charge in [-0.2, -0.15) is 4.31 Å². The molecule has 1 heterocycles. The van der Waals surface area contributed by atoms with Crippen molar-refractivity contribution in [3.63, 3.8) is 0 Å². The summed E-state index contributed by atoms with van der Waals surface area (Å²) in [7, 11) is -3.12. The van der Waals surface area contributed by atoms with Crippen molar-refractivity contribution in [2.75, 3.05) is 52.2 Å². The van der Waals surface area contributed by atoms with Crippen molar-refractivity contribution in [3.05, 3.63) is 35.5 Å². The molecule has 1 aliphatic heterocycles. The van der Waals surface area contributed by atoms with Gasteiger partial charge in [0, 0.05) is 44.8 Å². The molecule has 0 aromatic carbocycles. The molecule has 0 aromatic heterocycles. The van der Waals surface area contributed by atoms with Gasteiger partial charge in [-0.15, -0.1) is 0 Å². The first-order valence-corrected chi connectivity index (χ1v) is 22.9. The minimum atomic E-state index is -3.12. The third-order valence-corrected chi connectivity index (χ3v) is 19.3. The molecule has 298 valence electrons. The molecule has 5 fully saturated rings. The zero-order chi connectivity index (χ0) is 38.4. The Morgan fingerprint density at radius 2 is 1.64 bits per heavy atom. The number of carboxylic acid groups (broad SMARTS) is 1. The molecule has 6 aliphatic carbocycles. The highest BCUT2D eigenvalue weighted by Gasteiger charge is 2.70. The molecule has 53 heavy (non-hydrogen) atoms. The zero-order valence-electron chi connectivity index (χ0n) is 34.0. The summed E-state index contributed by atoms with van der Waals surface area (Å²) < 4.78 is 39.7. The number of aliphatic carboxylic acids is 1. The first kappa shape index (κ1) is 39.7. The SMILES string of the molecule is C=C(C)[C@@H]1CC[C@]2(NCCN3CCN(S(C)(=O)=O)CC3)CC[C@]3(C)[C@H](CCC4[C@@]5(C)CC=C(C6=CC[C@](CF)(C(=O)O)CC6)C(C)(C)[C@@H]5CC[C@]43C)C12. The molecule has 0 bridgehead atoms. The minimum absolute atomic E-state index is 0.0174. The lowest BCUT2D eigenvalue weighted by Gasteiger charge is -2.72. The van der Waals surface area contributed by atoms with E-state index in [1.54, 1.807) is 4.31 Å². The number of alkyl halides is 1. The molecule has 0 aromatic rings. The van der Waals surface area contributed by atoms with Gasteiger partial charge in [0.25, 0.3) is 0 Å². The summed E-state index contributed by atoms with van der Waals surface area (Å²) in [4.78, 5) is 14.4. The van der Waals surface area contributed by atoms with E-state index in [1.807, 2.05) is 0 Å². The van der Waals surface area contributed by atoms with Crippen LogP contribution < -0.4 is 5.32 Å². The van der Waals surface area contributed by atoms with Gasteiger partial charge in [-0.1, -0.05) is 58.9 Å². The molecule has 7 nitrogen and oxygen atoms in total. The van der Waals surface area contributed by atoms with Crippen LogP contribution in [0, 0.1) is 56.7 Å². The van der Waals surface area contributed by atoms with Crippen LogP contribution in [0.25, 0.3) is 0 Å². The molecular weight excluding hydrogens is 686 g/mol. The number of fused-ring (bicyclic) bond motifs is 7. The van der Waals surface area contributed by atoms with Crippen molar-refractivity contribution in [1.82, 2.24) is 14.5 Å². The average molecular weight is 756 g/mol. The molecule has 0 radical (unpaired) electrons. The van der Waals surface area contributed by atoms with Crippen molar-refractivity contribution in [3.8, 4) is 0 Å². The first-order chi connectivity index (χ1) is 24.8. The average Bonchev–Trinajstić information content (AvgIpc) is 3.48. The fraction of sp³-hybridized carbons (Fsp3) is 0.841. The van der Waals surface area contributed by atoms with Crippen LogP contribution in [0.2, 0.25) is 0 Å². The molecule has 10 atom stereocenters. The van der Waals surface area contributed by atoms with Gasteiger partial charge >= 0.3 is 5.97 Å². The monoisotopic (exact) mass is 756 g/mol. The van der Waals surface area contributed by atoms with Gasteiger partial charge in [-0.05, 0) is 146 Å². The van der Waals surface area contributed by atoms with E-state index in [0.717, 1.165) is 32.6 Å². The molecule has 2 N–H and O–H groups in total. The predicted octanol–water partition coefficient (Wildman–Crippen LogP) is 8.25. The number of carboxylic acids is 1. The Balaban J connectivity index is 1.11. The maximum Gasteiger partial charge on any atom is 0.312 e. The van der Waals surface area contributed by atoms with Gasteiger partial charge in [-0.25, -0.2) is 12.8 Å². The maximum atomic E-state index is 14.0. The number of sulfonamides is 1. The highest BCUT2D eigenvalue weighted by Crippen LogP contribution is 2.76. The van der Waals surface area contributed by atoms with E-state index in [1.165, 1.54) is 74.3 Å². The number of allylic oxidation sites excluding steroid dienone is 5. The summed E-state index contributed by atoms with van der Waals surface area (Å²) in [5.41, 5.74) is 3.61. The zero-order valence-corrected chi connectivity index (χ0v) is 34.9. The predicted molar refractivity (Wildman–Crippen MR) is 212 cm³/mol. The number of rotatable bonds is 9. The topological polar surface area (TPSA) is 90.0 Å². The Kier molecular flexibility index (Phi) is 10.1. The number of hydrogen-bond acceptors (Lipinski definition) is 5. The van der Waals surface area contributed by atoms with E-state index in [-0.39, 0.29) is 33.6 Å². The fourth-order valence-corrected chi connectivity index (χ4v) is 15.7. The quantitative estimate of drug-likeness (QED) is 0.231. The Labute approximate surface area is 320 Å². The van der Waals surface area contributed by atoms with Gasteiger partial charge in [0.05, 0.1) is 11.7 Å². The Bertz CT molecular complexity index is 1650. The van der Waals surface area contributed by atoms with Gasteiger partial charge in [0.15, 0.2) is 0 Å². The normalized spacial score (nSPS) is 44.5. The molecule has 7 aliphatic rings. The third-order valence-electron chi connectivity index (χ3n) is 18.0. The lowest BCUT2D eigenvalue weighted by atomic mass is 9.33.